The van der Waals surface area contributed by atoms with Crippen molar-refractivity contribution in [3.05, 3.63) is 0 Å². The summed E-state index contributed by atoms with van der Waals surface area (Å²) in [6, 6.07) is 0. The van der Waals surface area contributed by atoms with Crippen molar-refractivity contribution in [1.29, 1.82) is 0 Å². The van der Waals surface area contributed by atoms with E-state index in [0.717, 1.165) is 5.71 Å². The number of carbonyl (C=O) groups is 1. The molecular formula is C11H18ClNO3. The number of halogens is 1. The Labute approximate surface area is 101 Å². The van der Waals surface area contributed by atoms with Crippen molar-refractivity contribution in [1.82, 2.24) is 0 Å². The highest BCUT2D eigenvalue weighted by Crippen LogP contribution is 2.33. The Morgan fingerprint density at radius 2 is 2.25 bits per heavy atom. The number of rotatable bonds is 3. The normalized spacial score (nSPS) is 24.9. The van der Waals surface area contributed by atoms with E-state index in [1.54, 1.807) is 6.92 Å². The third kappa shape index (κ3) is 2.48. The first-order valence-corrected chi connectivity index (χ1v) is 5.88. The van der Waals surface area contributed by atoms with Gasteiger partial charge in [-0.3, -0.25) is 0 Å². The molecule has 1 rings (SSSR count). The van der Waals surface area contributed by atoms with Gasteiger partial charge in [-0.05, 0) is 6.92 Å². The molecule has 0 amide bonds. The first-order chi connectivity index (χ1) is 7.35. The zero-order valence-corrected chi connectivity index (χ0v) is 10.9. The van der Waals surface area contributed by atoms with Gasteiger partial charge in [0, 0.05) is 11.8 Å². The van der Waals surface area contributed by atoms with Crippen LogP contribution in [0.1, 0.15) is 34.1 Å². The topological polar surface area (TPSA) is 47.9 Å². The molecule has 1 unspecified atom stereocenters. The largest absolute Gasteiger partial charge is 0.463 e. The van der Waals surface area contributed by atoms with E-state index in [2.05, 4.69) is 5.16 Å². The Bertz CT molecular complexity index is 309. The van der Waals surface area contributed by atoms with E-state index in [1.165, 1.54) is 0 Å². The van der Waals surface area contributed by atoms with Crippen molar-refractivity contribution in [2.45, 2.75) is 39.7 Å². The summed E-state index contributed by atoms with van der Waals surface area (Å²) in [6.45, 7) is 8.12. The van der Waals surface area contributed by atoms with Crippen molar-refractivity contribution in [3.63, 3.8) is 0 Å². The van der Waals surface area contributed by atoms with Crippen LogP contribution in [-0.4, -0.2) is 29.8 Å². The monoisotopic (exact) mass is 247 g/mol. The third-order valence-electron chi connectivity index (χ3n) is 2.51. The van der Waals surface area contributed by atoms with Crippen LogP contribution >= 0.6 is 11.6 Å². The van der Waals surface area contributed by atoms with Gasteiger partial charge in [0.15, 0.2) is 0 Å². The average Bonchev–Trinajstić information content (AvgIpc) is 2.63. The SMILES string of the molecule is CCOC(=O)C1(CCl)CC(C(C)(C)C)=NO1. The van der Waals surface area contributed by atoms with Crippen LogP contribution in [-0.2, 0) is 14.4 Å². The Kier molecular flexibility index (Phi) is 3.84. The standard InChI is InChI=1S/C11H18ClNO3/c1-5-15-9(14)11(7-12)6-8(13-16-11)10(2,3)4/h5-7H2,1-4H3. The van der Waals surface area contributed by atoms with Gasteiger partial charge in [-0.1, -0.05) is 25.9 Å². The number of hydrogen-bond donors (Lipinski definition) is 0. The molecule has 5 heteroatoms. The summed E-state index contributed by atoms with van der Waals surface area (Å²) in [6.07, 6.45) is 0.402. The minimum Gasteiger partial charge on any atom is -0.463 e. The minimum atomic E-state index is -1.12. The number of ether oxygens (including phenoxy) is 1. The number of carbonyl (C=O) groups excluding carboxylic acids is 1. The van der Waals surface area contributed by atoms with E-state index in [9.17, 15) is 4.79 Å². The fourth-order valence-electron chi connectivity index (χ4n) is 1.38. The summed E-state index contributed by atoms with van der Waals surface area (Å²) in [5.41, 5.74) is -0.415. The molecule has 92 valence electrons. The van der Waals surface area contributed by atoms with Gasteiger partial charge in [-0.2, -0.15) is 0 Å². The van der Waals surface area contributed by atoms with E-state index in [4.69, 9.17) is 21.2 Å². The molecular weight excluding hydrogens is 230 g/mol. The van der Waals surface area contributed by atoms with Gasteiger partial charge in [0.2, 0.25) is 0 Å². The molecule has 0 aliphatic carbocycles. The van der Waals surface area contributed by atoms with Crippen molar-refractivity contribution in [2.24, 2.45) is 10.6 Å². The smallest absolute Gasteiger partial charge is 0.355 e. The van der Waals surface area contributed by atoms with Crippen LogP contribution in [0.25, 0.3) is 0 Å². The van der Waals surface area contributed by atoms with Crippen LogP contribution in [0.4, 0.5) is 0 Å². The lowest BCUT2D eigenvalue weighted by Gasteiger charge is -2.23. The predicted molar refractivity (Wildman–Crippen MR) is 62.7 cm³/mol. The summed E-state index contributed by atoms with van der Waals surface area (Å²) in [5, 5.41) is 3.97. The van der Waals surface area contributed by atoms with Crippen molar-refractivity contribution >= 4 is 23.3 Å². The Balaban J connectivity index is 2.79. The first kappa shape index (κ1) is 13.3. The second-order valence-electron chi connectivity index (χ2n) is 4.90. The summed E-state index contributed by atoms with van der Waals surface area (Å²) in [5.74, 6) is -0.387. The molecule has 1 aliphatic heterocycles. The average molecular weight is 248 g/mol. The fourth-order valence-corrected chi connectivity index (χ4v) is 1.63. The molecule has 0 spiro atoms. The molecule has 4 nitrogen and oxygen atoms in total. The molecule has 0 radical (unpaired) electrons. The minimum absolute atomic E-state index is 0.0505. The Morgan fingerprint density at radius 1 is 1.62 bits per heavy atom. The molecule has 1 aliphatic rings. The molecule has 0 aromatic rings. The summed E-state index contributed by atoms with van der Waals surface area (Å²) < 4.78 is 4.96. The van der Waals surface area contributed by atoms with Gasteiger partial charge in [0.1, 0.15) is 0 Å². The predicted octanol–water partition coefficient (Wildman–Crippen LogP) is 2.35. The zero-order valence-electron chi connectivity index (χ0n) is 10.2. The first-order valence-electron chi connectivity index (χ1n) is 5.34. The molecule has 0 bridgehead atoms. The number of nitrogens with zero attached hydrogens (tertiary/aromatic N) is 1. The summed E-state index contributed by atoms with van der Waals surface area (Å²) in [4.78, 5) is 17.0. The molecule has 0 aromatic carbocycles. The Hall–Kier alpha value is -0.770. The molecule has 0 N–H and O–H groups in total. The van der Waals surface area contributed by atoms with Gasteiger partial charge < -0.3 is 9.57 Å². The van der Waals surface area contributed by atoms with Crippen LogP contribution < -0.4 is 0 Å². The molecule has 16 heavy (non-hydrogen) atoms. The number of esters is 1. The quantitative estimate of drug-likeness (QED) is 0.568. The maximum absolute atomic E-state index is 11.8. The molecule has 0 saturated heterocycles. The number of oxime groups is 1. The third-order valence-corrected chi connectivity index (χ3v) is 2.94. The lowest BCUT2D eigenvalue weighted by Crippen LogP contribution is -2.43. The van der Waals surface area contributed by atoms with E-state index in [-0.39, 0.29) is 11.3 Å². The van der Waals surface area contributed by atoms with Crippen LogP contribution in [0.15, 0.2) is 5.16 Å². The van der Waals surface area contributed by atoms with Gasteiger partial charge in [-0.15, -0.1) is 11.6 Å². The fraction of sp³-hybridized carbons (Fsp3) is 0.818. The lowest BCUT2D eigenvalue weighted by molar-refractivity contribution is -0.166. The van der Waals surface area contributed by atoms with Crippen LogP contribution in [0.2, 0.25) is 0 Å². The molecule has 1 heterocycles. The molecule has 0 fully saturated rings. The Morgan fingerprint density at radius 3 is 2.62 bits per heavy atom. The van der Waals surface area contributed by atoms with Crippen LogP contribution in [0.5, 0.6) is 0 Å². The maximum atomic E-state index is 11.8. The van der Waals surface area contributed by atoms with Crippen LogP contribution in [0.3, 0.4) is 0 Å². The summed E-state index contributed by atoms with van der Waals surface area (Å²) >= 11 is 5.81. The van der Waals surface area contributed by atoms with Gasteiger partial charge in [0.05, 0.1) is 18.2 Å². The molecule has 1 atom stereocenters. The zero-order chi connectivity index (χ0) is 12.4. The van der Waals surface area contributed by atoms with Crippen molar-refractivity contribution in [2.75, 3.05) is 12.5 Å². The highest BCUT2D eigenvalue weighted by atomic mass is 35.5. The lowest BCUT2D eigenvalue weighted by atomic mass is 9.84. The van der Waals surface area contributed by atoms with Gasteiger partial charge in [-0.25, -0.2) is 4.79 Å². The van der Waals surface area contributed by atoms with Gasteiger partial charge >= 0.3 is 5.97 Å². The van der Waals surface area contributed by atoms with E-state index in [0.29, 0.717) is 13.0 Å². The summed E-state index contributed by atoms with van der Waals surface area (Å²) in [7, 11) is 0. The van der Waals surface area contributed by atoms with Gasteiger partial charge in [0.25, 0.3) is 5.60 Å². The number of hydrogen-bond acceptors (Lipinski definition) is 4. The van der Waals surface area contributed by atoms with E-state index in [1.807, 2.05) is 20.8 Å². The second kappa shape index (κ2) is 4.62. The van der Waals surface area contributed by atoms with E-state index >= 15 is 0 Å². The van der Waals surface area contributed by atoms with E-state index < -0.39 is 11.6 Å². The van der Waals surface area contributed by atoms with Crippen molar-refractivity contribution < 1.29 is 14.4 Å². The highest BCUT2D eigenvalue weighted by Gasteiger charge is 2.49. The molecule has 0 saturated carbocycles. The van der Waals surface area contributed by atoms with Crippen molar-refractivity contribution in [3.8, 4) is 0 Å². The highest BCUT2D eigenvalue weighted by molar-refractivity contribution is 6.21. The molecule has 0 aromatic heterocycles. The second-order valence-corrected chi connectivity index (χ2v) is 5.17. The van der Waals surface area contributed by atoms with Crippen LogP contribution in [0, 0.1) is 5.41 Å². The number of alkyl halides is 1. The maximum Gasteiger partial charge on any atom is 0.355 e.